The van der Waals surface area contributed by atoms with Crippen LogP contribution in [0.4, 0.5) is 0 Å². The van der Waals surface area contributed by atoms with Gasteiger partial charge in [0.25, 0.3) is 11.8 Å². The van der Waals surface area contributed by atoms with Crippen molar-refractivity contribution in [1.82, 2.24) is 30.6 Å². The number of carbonyl (C=O) groups excluding carboxylic acids is 2. The third-order valence-electron chi connectivity index (χ3n) is 15.3. The van der Waals surface area contributed by atoms with Gasteiger partial charge in [-0.25, -0.2) is 38.7 Å². The topological polar surface area (TPSA) is 339 Å². The molecule has 2 aliphatic rings. The molecular weight excluding hydrogens is 1120 g/mol. The average Bonchev–Trinajstić information content (AvgIpc) is 1.82. The van der Waals surface area contributed by atoms with Crippen molar-refractivity contribution in [3.63, 3.8) is 0 Å². The number of benzene rings is 4. The van der Waals surface area contributed by atoms with Crippen LogP contribution in [0.1, 0.15) is 197 Å². The van der Waals surface area contributed by atoms with E-state index < -0.39 is 58.8 Å². The number of H-pyrrole nitrogens is 2. The van der Waals surface area contributed by atoms with Gasteiger partial charge in [0.15, 0.2) is 0 Å². The zero-order valence-corrected chi connectivity index (χ0v) is 48.3. The minimum absolute atomic E-state index is 0.0468. The van der Waals surface area contributed by atoms with Gasteiger partial charge in [0.1, 0.15) is 0 Å². The summed E-state index contributed by atoms with van der Waals surface area (Å²) in [5.74, 6) is -9.55. The van der Waals surface area contributed by atoms with Crippen LogP contribution in [0.5, 0.6) is 0 Å². The highest BCUT2D eigenvalue weighted by Gasteiger charge is 2.25. The molecule has 0 aliphatic carbocycles. The van der Waals surface area contributed by atoms with Crippen LogP contribution in [0.3, 0.4) is 0 Å². The molecule has 0 radical (unpaired) electrons. The average molecular weight is 1190 g/mol. The van der Waals surface area contributed by atoms with E-state index in [1.165, 1.54) is 42.5 Å². The van der Waals surface area contributed by atoms with Crippen LogP contribution < -0.4 is 10.6 Å². The van der Waals surface area contributed by atoms with Gasteiger partial charge in [0, 0.05) is 68.5 Å². The highest BCUT2D eigenvalue weighted by Crippen LogP contribution is 2.40. The van der Waals surface area contributed by atoms with Crippen molar-refractivity contribution in [2.24, 2.45) is 0 Å². The lowest BCUT2D eigenvalue weighted by Gasteiger charge is -2.13. The third kappa shape index (κ3) is 14.1. The zero-order valence-electron chi connectivity index (χ0n) is 48.3. The molecular formula is C68H64N6O14. The third-order valence-corrected chi connectivity index (χ3v) is 15.3. The molecule has 10 N–H and O–H groups in total. The molecule has 0 atom stereocenters. The van der Waals surface area contributed by atoms with E-state index in [1.54, 1.807) is 60.7 Å². The summed E-state index contributed by atoms with van der Waals surface area (Å²) >= 11 is 0. The number of aromatic amines is 2. The molecule has 0 spiro atoms. The molecule has 0 saturated heterocycles. The summed E-state index contributed by atoms with van der Waals surface area (Å²) in [6.07, 6.45) is 18.2. The Morgan fingerprint density at radius 3 is 0.807 bits per heavy atom. The van der Waals surface area contributed by atoms with E-state index in [0.717, 1.165) is 95.2 Å². The summed E-state index contributed by atoms with van der Waals surface area (Å²) in [7, 11) is 0. The molecule has 20 heteroatoms. The molecule has 8 bridgehead atoms. The van der Waals surface area contributed by atoms with E-state index in [4.69, 9.17) is 9.97 Å². The summed E-state index contributed by atoms with van der Waals surface area (Å²) in [4.78, 5) is 122. The Labute approximate surface area is 504 Å². The quantitative estimate of drug-likeness (QED) is 0.0225. The van der Waals surface area contributed by atoms with Crippen LogP contribution >= 0.6 is 0 Å². The standard InChI is InChI=1S/C68H64N6O14/c1-3-5-7-9-11-13-23-69-61(75)41-25-37(26-42(33-41)62(76)70-24-14-12-10-8-6-4-2)57-49-15-17-51(71-49)58(38-27-43(63(77)78)34-44(28-38)64(79)80)53-19-21-55(73-53)60(40-31-47(67(85)86)36-48(32-40)68(87)88)56-22-20-54(74-56)59(52-18-16-50(57)72-52)39-29-45(65(81)82)35-46(30-39)66(83)84/h15-22,25-36,71,74H,3-14,23-24H2,1-2H3,(H,69,75)(H,70,76)(H,77,78)(H,79,80)(H,81,82)(H,83,84)(H,85,86)(H,87,88). The van der Waals surface area contributed by atoms with E-state index in [2.05, 4.69) is 34.4 Å². The van der Waals surface area contributed by atoms with Crippen molar-refractivity contribution in [3.05, 3.63) is 164 Å². The number of hydrogen-bond donors (Lipinski definition) is 10. The molecule has 0 saturated carbocycles. The fraction of sp³-hybridized carbons (Fsp3) is 0.235. The number of carbonyl (C=O) groups is 8. The Hall–Kier alpha value is -10.8. The largest absolute Gasteiger partial charge is 0.478 e. The van der Waals surface area contributed by atoms with E-state index in [9.17, 15) is 69.0 Å². The first-order valence-corrected chi connectivity index (χ1v) is 29.1. The fourth-order valence-corrected chi connectivity index (χ4v) is 10.9. The fourth-order valence-electron chi connectivity index (χ4n) is 10.9. The Morgan fingerprint density at radius 1 is 0.330 bits per heavy atom. The Kier molecular flexibility index (Phi) is 19.3. The lowest BCUT2D eigenvalue weighted by molar-refractivity contribution is 0.0676. The maximum atomic E-state index is 14.4. The van der Waals surface area contributed by atoms with Gasteiger partial charge >= 0.3 is 35.8 Å². The second-order valence-corrected chi connectivity index (χ2v) is 21.6. The SMILES string of the molecule is CCCCCCCCNC(=O)c1cc(C(=O)NCCCCCCCC)cc(-c2c3nc(c(-c4cc(C(=O)O)cc(C(=O)O)c4)c4ccc([nH]4)c(-c4cc(C(=O)O)cc(C(=O)O)c4)c4nc(c(-c5cc(C(=O)O)cc(C(=O)O)c5)c5ccc2[nH]5)C=C4)C=C3)c1. The molecule has 5 heterocycles. The molecule has 2 amide bonds. The number of nitrogens with one attached hydrogen (secondary N) is 4. The summed E-state index contributed by atoms with van der Waals surface area (Å²) in [5.41, 5.74) is 0.808. The van der Waals surface area contributed by atoms with Crippen LogP contribution in [0, 0.1) is 0 Å². The maximum absolute atomic E-state index is 14.4. The number of carboxylic acid groups (broad SMARTS) is 6. The molecule has 4 aromatic carbocycles. The zero-order chi connectivity index (χ0) is 62.8. The number of carboxylic acids is 6. The van der Waals surface area contributed by atoms with Crippen LogP contribution in [-0.4, -0.2) is 111 Å². The second-order valence-electron chi connectivity index (χ2n) is 21.6. The van der Waals surface area contributed by atoms with Gasteiger partial charge in [-0.2, -0.15) is 0 Å². The van der Waals surface area contributed by atoms with E-state index >= 15 is 0 Å². The lowest BCUT2D eigenvalue weighted by atomic mass is 9.97. The van der Waals surface area contributed by atoms with Gasteiger partial charge in [0.05, 0.1) is 56.2 Å². The number of aromatic carboxylic acids is 6. The minimum atomic E-state index is -1.45. The number of nitrogens with zero attached hydrogens (tertiary/aromatic N) is 2. The molecule has 88 heavy (non-hydrogen) atoms. The van der Waals surface area contributed by atoms with Gasteiger partial charge in [-0.05, 0) is 156 Å². The van der Waals surface area contributed by atoms with Gasteiger partial charge in [-0.3, -0.25) is 9.59 Å². The van der Waals surface area contributed by atoms with E-state index in [-0.39, 0.29) is 106 Å². The monoisotopic (exact) mass is 1190 g/mol. The van der Waals surface area contributed by atoms with Crippen molar-refractivity contribution < 1.29 is 69.0 Å². The molecule has 7 aromatic rings. The van der Waals surface area contributed by atoms with Crippen LogP contribution in [-0.2, 0) is 0 Å². The summed E-state index contributed by atoms with van der Waals surface area (Å²) < 4.78 is 0. The van der Waals surface area contributed by atoms with E-state index in [0.29, 0.717) is 29.7 Å². The van der Waals surface area contributed by atoms with E-state index in [1.807, 2.05) is 0 Å². The summed E-state index contributed by atoms with van der Waals surface area (Å²) in [5, 5.41) is 68.1. The highest BCUT2D eigenvalue weighted by atomic mass is 16.4. The minimum Gasteiger partial charge on any atom is -0.478 e. The Balaban J connectivity index is 1.41. The Morgan fingerprint density at radius 2 is 0.557 bits per heavy atom. The number of unbranched alkanes of at least 4 members (excludes halogenated alkanes) is 10. The van der Waals surface area contributed by atoms with Crippen molar-refractivity contribution in [1.29, 1.82) is 0 Å². The number of amides is 2. The number of fused-ring (bicyclic) bond motifs is 8. The molecule has 450 valence electrons. The number of aromatic nitrogens is 4. The van der Waals surface area contributed by atoms with Crippen molar-refractivity contribution in [2.45, 2.75) is 90.9 Å². The van der Waals surface area contributed by atoms with Gasteiger partial charge in [0.2, 0.25) is 0 Å². The highest BCUT2D eigenvalue weighted by molar-refractivity contribution is 6.07. The second kappa shape index (κ2) is 27.5. The van der Waals surface area contributed by atoms with Crippen molar-refractivity contribution in [3.8, 4) is 44.5 Å². The first kappa shape index (κ1) is 61.8. The molecule has 2 aliphatic heterocycles. The molecule has 0 fully saturated rings. The molecule has 9 rings (SSSR count). The Bertz CT molecular complexity index is 4010. The van der Waals surface area contributed by atoms with Gasteiger partial charge in [-0.1, -0.05) is 78.1 Å². The predicted molar refractivity (Wildman–Crippen MR) is 334 cm³/mol. The van der Waals surface area contributed by atoms with Gasteiger partial charge in [-0.15, -0.1) is 0 Å². The first-order valence-electron chi connectivity index (χ1n) is 29.1. The first-order chi connectivity index (χ1) is 42.3. The predicted octanol–water partition coefficient (Wildman–Crippen LogP) is 13.7. The molecule has 3 aromatic heterocycles. The van der Waals surface area contributed by atoms with Crippen molar-refractivity contribution in [2.75, 3.05) is 13.1 Å². The maximum Gasteiger partial charge on any atom is 0.335 e. The lowest BCUT2D eigenvalue weighted by Crippen LogP contribution is -2.27. The van der Waals surface area contributed by atoms with Gasteiger partial charge < -0.3 is 51.2 Å². The van der Waals surface area contributed by atoms with Crippen LogP contribution in [0.2, 0.25) is 0 Å². The number of hydrogen-bond acceptors (Lipinski definition) is 10. The smallest absolute Gasteiger partial charge is 0.335 e. The summed E-state index contributed by atoms with van der Waals surface area (Å²) in [6.45, 7) is 5.00. The van der Waals surface area contributed by atoms with Crippen LogP contribution in [0.15, 0.2) is 97.1 Å². The van der Waals surface area contributed by atoms with Crippen LogP contribution in [0.25, 0.3) is 90.9 Å². The molecule has 0 unspecified atom stereocenters. The summed E-state index contributed by atoms with van der Waals surface area (Å²) in [6, 6.07) is 21.8. The normalized spacial score (nSPS) is 11.6. The molecule has 20 nitrogen and oxygen atoms in total. The van der Waals surface area contributed by atoms with Crippen molar-refractivity contribution >= 4 is 94.0 Å². The number of rotatable bonds is 26.